The maximum Gasteiger partial charge on any atom is 0.287 e. The van der Waals surface area contributed by atoms with Gasteiger partial charge in [0.25, 0.3) is 5.91 Å². The summed E-state index contributed by atoms with van der Waals surface area (Å²) >= 11 is 0. The van der Waals surface area contributed by atoms with Gasteiger partial charge in [0.2, 0.25) is 12.6 Å². The van der Waals surface area contributed by atoms with Crippen molar-refractivity contribution in [2.45, 2.75) is 11.4 Å². The smallest absolute Gasteiger partial charge is 0.287 e. The number of nitrogens with zero attached hydrogens (tertiary/aromatic N) is 2. The Morgan fingerprint density at radius 2 is 1.91 bits per heavy atom. The number of nitrogens with one attached hydrogen (secondary N) is 1. The fourth-order valence-corrected chi connectivity index (χ4v) is 4.21. The maximum absolute atomic E-state index is 13.0. The van der Waals surface area contributed by atoms with Crippen molar-refractivity contribution in [2.24, 2.45) is 0 Å². The molecule has 2 aromatic carbocycles. The largest absolute Gasteiger partial charge is 0.610 e. The van der Waals surface area contributed by atoms with Crippen molar-refractivity contribution in [3.05, 3.63) is 78.2 Å². The van der Waals surface area contributed by atoms with Gasteiger partial charge in [0.05, 0.1) is 21.4 Å². The molecule has 162 valence electrons. The summed E-state index contributed by atoms with van der Waals surface area (Å²) in [6.07, 6.45) is 2.93. The number of carbonyl (C=O) groups is 1. The minimum absolute atomic E-state index is 0.194. The Kier molecular flexibility index (Phi) is 4.91. The Morgan fingerprint density at radius 3 is 2.69 bits per heavy atom. The molecular formula is C23H19N3O5S. The monoisotopic (exact) mass is 449 g/mol. The Bertz CT molecular complexity index is 1370. The molecule has 0 aliphatic carbocycles. The average molecular weight is 449 g/mol. The van der Waals surface area contributed by atoms with Crippen LogP contribution in [0.4, 0.5) is 0 Å². The number of ether oxygens (including phenoxy) is 2. The van der Waals surface area contributed by atoms with E-state index in [1.165, 1.54) is 12.1 Å². The molecule has 1 N–H and O–H groups in total. The van der Waals surface area contributed by atoms with Gasteiger partial charge in [-0.1, -0.05) is 12.1 Å². The topological polar surface area (TPSA) is 105 Å². The van der Waals surface area contributed by atoms with Crippen molar-refractivity contribution in [1.29, 1.82) is 0 Å². The van der Waals surface area contributed by atoms with Crippen LogP contribution in [0.15, 0.2) is 71.8 Å². The third kappa shape index (κ3) is 3.72. The van der Waals surface area contributed by atoms with E-state index in [9.17, 15) is 13.6 Å². The highest BCUT2D eigenvalue weighted by Crippen LogP contribution is 2.32. The lowest BCUT2D eigenvalue weighted by Gasteiger charge is -2.08. The molecule has 1 unspecified atom stereocenters. The fraction of sp³-hybridized carbons (Fsp3) is 0.130. The van der Waals surface area contributed by atoms with Crippen LogP contribution in [0.2, 0.25) is 0 Å². The first-order chi connectivity index (χ1) is 15.4. The summed E-state index contributed by atoms with van der Waals surface area (Å²) in [5.74, 6) is 1.25. The summed E-state index contributed by atoms with van der Waals surface area (Å²) in [5.41, 5.74) is 2.93. The summed E-state index contributed by atoms with van der Waals surface area (Å²) in [6.45, 7) is 0.495. The molecule has 3 heterocycles. The Morgan fingerprint density at radius 1 is 1.12 bits per heavy atom. The number of aromatic nitrogens is 2. The highest BCUT2D eigenvalue weighted by atomic mass is 32.3. The molecule has 1 aliphatic rings. The quantitative estimate of drug-likeness (QED) is 0.469. The van der Waals surface area contributed by atoms with Crippen LogP contribution in [0.25, 0.3) is 16.8 Å². The van der Waals surface area contributed by atoms with Crippen molar-refractivity contribution in [1.82, 2.24) is 14.7 Å². The summed E-state index contributed by atoms with van der Waals surface area (Å²) in [5, 5.41) is 2.89. The maximum atomic E-state index is 13.0. The Balaban J connectivity index is 1.43. The number of amides is 1. The second-order valence-electron chi connectivity index (χ2n) is 7.41. The van der Waals surface area contributed by atoms with E-state index in [1.807, 2.05) is 36.4 Å². The van der Waals surface area contributed by atoms with Crippen molar-refractivity contribution in [2.75, 3.05) is 13.0 Å². The summed E-state index contributed by atoms with van der Waals surface area (Å²) in [4.78, 5) is 17.8. The Labute approximate surface area is 185 Å². The van der Waals surface area contributed by atoms with Crippen molar-refractivity contribution in [3.63, 3.8) is 0 Å². The van der Waals surface area contributed by atoms with Crippen LogP contribution >= 0.6 is 0 Å². The van der Waals surface area contributed by atoms with E-state index in [-0.39, 0.29) is 23.4 Å². The molecule has 0 radical (unpaired) electrons. The molecule has 0 fully saturated rings. The molecule has 4 aromatic rings. The summed E-state index contributed by atoms with van der Waals surface area (Å²) < 4.78 is 35.9. The standard InChI is InChI=1S/C23H19N3O5S/c1-32(28,29)17-8-6-16(7-9-17)21-18-4-2-3-11-26(18)22(25-21)23(27)24-13-15-5-10-19-20(12-15)31-14-30-19/h2-12H,13-14H2,1H3,(H-,24,27,28,29). The molecule has 32 heavy (non-hydrogen) atoms. The number of hydrogen-bond acceptors (Lipinski definition) is 6. The van der Waals surface area contributed by atoms with Gasteiger partial charge in [0, 0.05) is 18.3 Å². The van der Waals surface area contributed by atoms with Crippen LogP contribution in [0.1, 0.15) is 16.2 Å². The lowest BCUT2D eigenvalue weighted by Crippen LogP contribution is -2.25. The van der Waals surface area contributed by atoms with Crippen LogP contribution in [0, 0.1) is 0 Å². The average Bonchev–Trinajstić information content (AvgIpc) is 3.41. The van der Waals surface area contributed by atoms with Crippen LogP contribution in [-0.4, -0.2) is 32.9 Å². The Hall–Kier alpha value is -3.69. The number of imidazole rings is 1. The van der Waals surface area contributed by atoms with Gasteiger partial charge in [-0.15, -0.1) is 4.21 Å². The normalized spacial score (nSPS) is 14.3. The number of carbonyl (C=O) groups excluding carboxylic acids is 1. The van der Waals surface area contributed by atoms with Gasteiger partial charge in [-0.2, -0.15) is 0 Å². The number of fused-ring (bicyclic) bond motifs is 2. The lowest BCUT2D eigenvalue weighted by molar-refractivity contribution is 0.0940. The summed E-state index contributed by atoms with van der Waals surface area (Å²) in [7, 11) is -3.30. The zero-order valence-corrected chi connectivity index (χ0v) is 17.9. The zero-order chi connectivity index (χ0) is 22.3. The zero-order valence-electron chi connectivity index (χ0n) is 17.1. The van der Waals surface area contributed by atoms with E-state index in [4.69, 9.17) is 9.47 Å². The molecule has 0 spiro atoms. The third-order valence-electron chi connectivity index (χ3n) is 5.20. The van der Waals surface area contributed by atoms with Crippen LogP contribution < -0.4 is 14.8 Å². The first kappa shape index (κ1) is 20.2. The minimum Gasteiger partial charge on any atom is -0.610 e. The van der Waals surface area contributed by atoms with E-state index in [0.717, 1.165) is 22.9 Å². The van der Waals surface area contributed by atoms with Gasteiger partial charge in [0.1, 0.15) is 6.26 Å². The number of pyridine rings is 1. The molecule has 2 aromatic heterocycles. The molecule has 1 atom stereocenters. The molecule has 8 nitrogen and oxygen atoms in total. The van der Waals surface area contributed by atoms with Crippen LogP contribution in [0.5, 0.6) is 11.5 Å². The van der Waals surface area contributed by atoms with Crippen molar-refractivity contribution >= 4 is 21.6 Å². The number of hydrogen-bond donors (Lipinski definition) is 1. The number of rotatable bonds is 5. The first-order valence-corrected chi connectivity index (χ1v) is 11.7. The van der Waals surface area contributed by atoms with Gasteiger partial charge < -0.3 is 19.3 Å². The van der Waals surface area contributed by atoms with E-state index in [1.54, 1.807) is 22.7 Å². The van der Waals surface area contributed by atoms with Gasteiger partial charge in [-0.3, -0.25) is 9.20 Å². The predicted octanol–water partition coefficient (Wildman–Crippen LogP) is 3.28. The van der Waals surface area contributed by atoms with E-state index >= 15 is 0 Å². The molecule has 0 saturated carbocycles. The second-order valence-corrected chi connectivity index (χ2v) is 9.42. The van der Waals surface area contributed by atoms with Gasteiger partial charge in [0.15, 0.2) is 16.4 Å². The highest BCUT2D eigenvalue weighted by molar-refractivity contribution is 7.97. The lowest BCUT2D eigenvalue weighted by atomic mass is 10.1. The van der Waals surface area contributed by atoms with E-state index in [0.29, 0.717) is 23.7 Å². The molecule has 1 amide bonds. The van der Waals surface area contributed by atoms with Gasteiger partial charge in [-0.05, 0) is 54.1 Å². The van der Waals surface area contributed by atoms with E-state index < -0.39 is 10.2 Å². The molecule has 5 rings (SSSR count). The second kappa shape index (κ2) is 7.77. The number of benzene rings is 2. The summed E-state index contributed by atoms with van der Waals surface area (Å²) in [6, 6.07) is 17.5. The van der Waals surface area contributed by atoms with Crippen molar-refractivity contribution in [3.8, 4) is 22.8 Å². The number of sulfone groups is 1. The highest BCUT2D eigenvalue weighted by Gasteiger charge is 2.20. The van der Waals surface area contributed by atoms with Gasteiger partial charge in [-0.25, -0.2) is 4.98 Å². The molecular weight excluding hydrogens is 430 g/mol. The first-order valence-electron chi connectivity index (χ1n) is 9.84. The van der Waals surface area contributed by atoms with Gasteiger partial charge >= 0.3 is 0 Å². The molecule has 0 bridgehead atoms. The fourth-order valence-electron chi connectivity index (χ4n) is 3.58. The third-order valence-corrected chi connectivity index (χ3v) is 6.33. The van der Waals surface area contributed by atoms with E-state index in [2.05, 4.69) is 10.3 Å². The molecule has 9 heteroatoms. The van der Waals surface area contributed by atoms with Crippen molar-refractivity contribution < 1.29 is 23.0 Å². The van der Waals surface area contributed by atoms with Crippen LogP contribution in [-0.2, 0) is 21.0 Å². The molecule has 0 saturated heterocycles. The molecule has 1 aliphatic heterocycles. The minimum atomic E-state index is -3.30. The predicted molar refractivity (Wildman–Crippen MR) is 117 cm³/mol. The SMILES string of the molecule is C[S+](=O)([O-])c1ccc(-c2nc(C(=O)NCc3ccc4c(c3)OCO4)n3ccccc23)cc1. The van der Waals surface area contributed by atoms with Crippen LogP contribution in [0.3, 0.4) is 0 Å².